The van der Waals surface area contributed by atoms with Crippen LogP contribution in [-0.2, 0) is 32.3 Å². The van der Waals surface area contributed by atoms with Gasteiger partial charge >= 0.3 is 7.82 Å². The molecule has 0 aromatic heterocycles. The molecule has 1 aromatic rings. The van der Waals surface area contributed by atoms with Crippen molar-refractivity contribution in [3.63, 3.8) is 0 Å². The second-order valence-electron chi connectivity index (χ2n) is 7.88. The molecule has 2 fully saturated rings. The van der Waals surface area contributed by atoms with Crippen LogP contribution in [0.3, 0.4) is 0 Å². The summed E-state index contributed by atoms with van der Waals surface area (Å²) in [6.45, 7) is 2.99. The Morgan fingerprint density at radius 1 is 1.12 bits per heavy atom. The van der Waals surface area contributed by atoms with Gasteiger partial charge in [0.15, 0.2) is 5.79 Å². The average molecular weight is 479 g/mol. The highest BCUT2D eigenvalue weighted by Crippen LogP contribution is 2.52. The van der Waals surface area contributed by atoms with E-state index in [9.17, 15) is 9.36 Å². The largest absolute Gasteiger partial charge is 0.474 e. The van der Waals surface area contributed by atoms with Crippen LogP contribution in [0.1, 0.15) is 48.7 Å². The van der Waals surface area contributed by atoms with Gasteiger partial charge < -0.3 is 19.9 Å². The topological polar surface area (TPSA) is 163 Å². The summed E-state index contributed by atoms with van der Waals surface area (Å²) in [5.74, 6) is -1.46. The lowest BCUT2D eigenvalue weighted by atomic mass is 10.00. The predicted molar refractivity (Wildman–Crippen MR) is 112 cm³/mol. The molecule has 0 bridgehead atoms. The Kier molecular flexibility index (Phi) is 8.22. The van der Waals surface area contributed by atoms with Crippen molar-refractivity contribution >= 4 is 13.7 Å². The van der Waals surface area contributed by atoms with Gasteiger partial charge in [-0.2, -0.15) is 10.5 Å². The SMILES string of the molecule is CC1(C)O[C@@H]2[C@H](O1)[C@@H](COP(=O)(OCCC#N)OCCC#N)O[C@H]2c1cccc(C(N)=O)c1. The van der Waals surface area contributed by atoms with E-state index in [-0.39, 0.29) is 32.7 Å². The van der Waals surface area contributed by atoms with Crippen molar-refractivity contribution in [3.8, 4) is 12.1 Å². The summed E-state index contributed by atoms with van der Waals surface area (Å²) < 4.78 is 47.0. The smallest absolute Gasteiger partial charge is 0.366 e. The zero-order valence-electron chi connectivity index (χ0n) is 18.3. The number of phosphoric acid groups is 1. The third kappa shape index (κ3) is 6.38. The molecular formula is C21H26N3O8P. The first kappa shape index (κ1) is 25.3. The van der Waals surface area contributed by atoms with Gasteiger partial charge in [0.05, 0.1) is 44.8 Å². The van der Waals surface area contributed by atoms with Crippen LogP contribution < -0.4 is 5.73 Å². The number of primary amides is 1. The fourth-order valence-corrected chi connectivity index (χ4v) is 4.82. The molecule has 12 heteroatoms. The molecule has 2 heterocycles. The molecule has 33 heavy (non-hydrogen) atoms. The maximum atomic E-state index is 12.9. The highest BCUT2D eigenvalue weighted by Gasteiger charge is 2.56. The number of hydrogen-bond acceptors (Lipinski definition) is 10. The Labute approximate surface area is 191 Å². The normalized spacial score (nSPS) is 25.8. The molecule has 3 rings (SSSR count). The summed E-state index contributed by atoms with van der Waals surface area (Å²) in [6, 6.07) is 10.5. The third-order valence-electron chi connectivity index (χ3n) is 4.97. The molecule has 2 aliphatic rings. The number of nitrogens with zero attached hydrogens (tertiary/aromatic N) is 2. The van der Waals surface area contributed by atoms with Gasteiger partial charge in [-0.3, -0.25) is 18.4 Å². The highest BCUT2D eigenvalue weighted by atomic mass is 31.2. The summed E-state index contributed by atoms with van der Waals surface area (Å²) in [5.41, 5.74) is 6.40. The Morgan fingerprint density at radius 2 is 1.76 bits per heavy atom. The van der Waals surface area contributed by atoms with Crippen molar-refractivity contribution in [1.29, 1.82) is 10.5 Å². The van der Waals surface area contributed by atoms with Crippen molar-refractivity contribution in [1.82, 2.24) is 0 Å². The molecule has 178 valence electrons. The van der Waals surface area contributed by atoms with E-state index >= 15 is 0 Å². The Balaban J connectivity index is 1.76. The summed E-state index contributed by atoms with van der Waals surface area (Å²) >= 11 is 0. The maximum Gasteiger partial charge on any atom is 0.474 e. The first-order valence-corrected chi connectivity index (χ1v) is 11.8. The van der Waals surface area contributed by atoms with Gasteiger partial charge in [0, 0.05) is 5.56 Å². The van der Waals surface area contributed by atoms with Crippen molar-refractivity contribution in [3.05, 3.63) is 35.4 Å². The first-order chi connectivity index (χ1) is 15.7. The number of ether oxygens (including phenoxy) is 3. The van der Waals surface area contributed by atoms with Crippen LogP contribution in [0.5, 0.6) is 0 Å². The monoisotopic (exact) mass is 479 g/mol. The van der Waals surface area contributed by atoms with E-state index in [0.29, 0.717) is 11.1 Å². The zero-order valence-corrected chi connectivity index (χ0v) is 19.2. The number of amides is 1. The lowest BCUT2D eigenvalue weighted by Crippen LogP contribution is -2.32. The second kappa shape index (κ2) is 10.7. The maximum absolute atomic E-state index is 12.9. The minimum atomic E-state index is -4.05. The molecule has 0 saturated carbocycles. The molecule has 4 atom stereocenters. The molecule has 0 aliphatic carbocycles. The second-order valence-corrected chi connectivity index (χ2v) is 9.54. The molecule has 0 spiro atoms. The average Bonchev–Trinajstić information content (AvgIpc) is 3.26. The number of hydrogen-bond donors (Lipinski definition) is 1. The number of rotatable bonds is 11. The molecule has 0 unspecified atom stereocenters. The predicted octanol–water partition coefficient (Wildman–Crippen LogP) is 2.73. The lowest BCUT2D eigenvalue weighted by molar-refractivity contribution is -0.190. The summed E-state index contributed by atoms with van der Waals surface area (Å²) in [5, 5.41) is 17.4. The quantitative estimate of drug-likeness (QED) is 0.369. The number of carbonyl (C=O) groups is 1. The molecule has 2 saturated heterocycles. The molecule has 11 nitrogen and oxygen atoms in total. The van der Waals surface area contributed by atoms with Crippen molar-refractivity contribution in [2.45, 2.75) is 56.9 Å². The fraction of sp³-hybridized carbons (Fsp3) is 0.571. The van der Waals surface area contributed by atoms with Crippen LogP contribution in [-0.4, -0.2) is 49.8 Å². The van der Waals surface area contributed by atoms with E-state index in [1.54, 1.807) is 38.1 Å². The van der Waals surface area contributed by atoms with Gasteiger partial charge in [-0.15, -0.1) is 0 Å². The number of carbonyl (C=O) groups excluding carboxylic acids is 1. The molecule has 0 radical (unpaired) electrons. The Bertz CT molecular complexity index is 964. The first-order valence-electron chi connectivity index (χ1n) is 10.4. The van der Waals surface area contributed by atoms with E-state index in [0.717, 1.165) is 0 Å². The van der Waals surface area contributed by atoms with Crippen molar-refractivity contribution in [2.24, 2.45) is 5.73 Å². The number of fused-ring (bicyclic) bond motifs is 1. The molecule has 1 aromatic carbocycles. The molecule has 2 aliphatic heterocycles. The van der Waals surface area contributed by atoms with Crippen LogP contribution >= 0.6 is 7.82 Å². The van der Waals surface area contributed by atoms with E-state index in [1.807, 2.05) is 12.1 Å². The van der Waals surface area contributed by atoms with Crippen LogP contribution in [0.4, 0.5) is 0 Å². The standard InChI is InChI=1S/C21H26N3O8P/c1-21(2)31-18-16(13-29-33(26,27-10-4-8-22)28-11-5-9-23)30-17(19(18)32-21)14-6-3-7-15(12-14)20(24)25/h3,6-7,12,16-19H,4-5,10-11,13H2,1-2H3,(H2,24,25)/t16-,17+,18-,19+/m1/s1. The number of benzene rings is 1. The minimum Gasteiger partial charge on any atom is -0.366 e. The molecule has 1 amide bonds. The Morgan fingerprint density at radius 3 is 2.36 bits per heavy atom. The minimum absolute atomic E-state index is 0.0109. The summed E-state index contributed by atoms with van der Waals surface area (Å²) in [6.07, 6.45) is -2.40. The van der Waals surface area contributed by atoms with Crippen LogP contribution in [0, 0.1) is 22.7 Å². The Hall–Kier alpha value is -2.34. The number of nitrogens with two attached hydrogens (primary N) is 1. The van der Waals surface area contributed by atoms with Crippen LogP contribution in [0.25, 0.3) is 0 Å². The van der Waals surface area contributed by atoms with Crippen LogP contribution in [0.2, 0.25) is 0 Å². The van der Waals surface area contributed by atoms with Gasteiger partial charge in [0.25, 0.3) is 0 Å². The highest BCUT2D eigenvalue weighted by molar-refractivity contribution is 7.48. The fourth-order valence-electron chi connectivity index (χ4n) is 3.64. The lowest BCUT2D eigenvalue weighted by Gasteiger charge is -2.25. The van der Waals surface area contributed by atoms with Gasteiger partial charge in [0.1, 0.15) is 24.4 Å². The van der Waals surface area contributed by atoms with Crippen molar-refractivity contribution in [2.75, 3.05) is 19.8 Å². The molecular weight excluding hydrogens is 453 g/mol. The zero-order chi connectivity index (χ0) is 24.1. The van der Waals surface area contributed by atoms with E-state index in [2.05, 4.69) is 0 Å². The molecule has 2 N–H and O–H groups in total. The van der Waals surface area contributed by atoms with Crippen molar-refractivity contribution < 1.29 is 37.1 Å². The van der Waals surface area contributed by atoms with Crippen LogP contribution in [0.15, 0.2) is 24.3 Å². The summed E-state index contributed by atoms with van der Waals surface area (Å²) in [4.78, 5) is 11.6. The number of nitriles is 2. The van der Waals surface area contributed by atoms with E-state index < -0.39 is 43.9 Å². The van der Waals surface area contributed by atoms with Gasteiger partial charge in [-0.1, -0.05) is 12.1 Å². The van der Waals surface area contributed by atoms with E-state index in [4.69, 9.17) is 44.0 Å². The van der Waals surface area contributed by atoms with Gasteiger partial charge in [-0.25, -0.2) is 4.57 Å². The summed E-state index contributed by atoms with van der Waals surface area (Å²) in [7, 11) is -4.05. The van der Waals surface area contributed by atoms with Gasteiger partial charge in [-0.05, 0) is 31.5 Å². The third-order valence-corrected chi connectivity index (χ3v) is 6.44. The van der Waals surface area contributed by atoms with E-state index in [1.165, 1.54) is 0 Å². The number of phosphoric ester groups is 1. The van der Waals surface area contributed by atoms with Gasteiger partial charge in [0.2, 0.25) is 5.91 Å².